The molecule has 8 heavy (non-hydrogen) atoms. The summed E-state index contributed by atoms with van der Waals surface area (Å²) in [5.74, 6) is -0.0840. The fourth-order valence-electron chi connectivity index (χ4n) is 0.207. The van der Waals surface area contributed by atoms with Gasteiger partial charge in [-0.2, -0.15) is 12.6 Å². The topological polar surface area (TPSA) is 26.3 Å². The molecule has 0 spiro atoms. The molecule has 0 aliphatic rings. The molecule has 0 aromatic heterocycles. The standard InChI is InChI=1S/C4H8O2S.Na.H/c1-2-6-4(5)3-7;;/h7H,2-3H2,1H3;;. The third-order valence-electron chi connectivity index (χ3n) is 0.434. The van der Waals surface area contributed by atoms with E-state index in [0.717, 1.165) is 0 Å². The molecule has 0 bridgehead atoms. The molecule has 44 valence electrons. The number of thiol groups is 1. The predicted octanol–water partition coefficient (Wildman–Crippen LogP) is -0.169. The molecular weight excluding hydrogens is 135 g/mol. The molecule has 0 amide bonds. The molecule has 0 atom stereocenters. The summed E-state index contributed by atoms with van der Waals surface area (Å²) in [6, 6.07) is 0. The number of esters is 1. The van der Waals surface area contributed by atoms with Gasteiger partial charge in [0.2, 0.25) is 0 Å². The van der Waals surface area contributed by atoms with Crippen LogP contribution in [0.2, 0.25) is 0 Å². The van der Waals surface area contributed by atoms with Crippen LogP contribution in [0.4, 0.5) is 0 Å². The van der Waals surface area contributed by atoms with Crippen molar-refractivity contribution in [2.75, 3.05) is 12.4 Å². The Kier molecular flexibility index (Phi) is 11.3. The van der Waals surface area contributed by atoms with Crippen LogP contribution in [0.15, 0.2) is 0 Å². The van der Waals surface area contributed by atoms with Gasteiger partial charge in [0, 0.05) is 0 Å². The molecule has 2 nitrogen and oxygen atoms in total. The Hall–Kier alpha value is 0.820. The zero-order valence-electron chi connectivity index (χ0n) is 4.18. The van der Waals surface area contributed by atoms with Gasteiger partial charge in [0.1, 0.15) is 0 Å². The fraction of sp³-hybridized carbons (Fsp3) is 0.750. The number of rotatable bonds is 2. The summed E-state index contributed by atoms with van der Waals surface area (Å²) < 4.78 is 4.48. The second-order valence-corrected chi connectivity index (χ2v) is 1.28. The molecule has 0 aliphatic carbocycles. The van der Waals surface area contributed by atoms with Crippen molar-refractivity contribution in [3.63, 3.8) is 0 Å². The molecule has 0 heterocycles. The number of carbonyl (C=O) groups excluding carboxylic acids is 1. The van der Waals surface area contributed by atoms with E-state index in [4.69, 9.17) is 0 Å². The Bertz CT molecular complexity index is 67.1. The van der Waals surface area contributed by atoms with Crippen molar-refractivity contribution in [3.8, 4) is 0 Å². The first-order valence-electron chi connectivity index (χ1n) is 2.07. The Labute approximate surface area is 76.7 Å². The summed E-state index contributed by atoms with van der Waals surface area (Å²) >= 11 is 3.67. The second kappa shape index (κ2) is 7.82. The molecular formula is C4H9NaO2S. The van der Waals surface area contributed by atoms with Gasteiger partial charge >= 0.3 is 35.5 Å². The molecule has 0 N–H and O–H groups in total. The minimum atomic E-state index is -0.258. The Morgan fingerprint density at radius 1 is 1.75 bits per heavy atom. The van der Waals surface area contributed by atoms with Gasteiger partial charge in [-0.3, -0.25) is 4.79 Å². The fourth-order valence-corrected chi connectivity index (χ4v) is 0.298. The van der Waals surface area contributed by atoms with Crippen LogP contribution in [0.5, 0.6) is 0 Å². The van der Waals surface area contributed by atoms with Gasteiger partial charge in [0.05, 0.1) is 12.4 Å². The Morgan fingerprint density at radius 2 is 2.25 bits per heavy atom. The molecule has 0 rings (SSSR count). The molecule has 0 saturated heterocycles. The maximum absolute atomic E-state index is 10.1. The Balaban J connectivity index is 0. The minimum absolute atomic E-state index is 0. The van der Waals surface area contributed by atoms with E-state index in [1.807, 2.05) is 0 Å². The zero-order chi connectivity index (χ0) is 5.70. The van der Waals surface area contributed by atoms with Crippen LogP contribution in [0, 0.1) is 0 Å². The van der Waals surface area contributed by atoms with Gasteiger partial charge in [-0.15, -0.1) is 0 Å². The van der Waals surface area contributed by atoms with Crippen LogP contribution in [0.3, 0.4) is 0 Å². The number of ether oxygens (including phenoxy) is 1. The summed E-state index contributed by atoms with van der Waals surface area (Å²) in [4.78, 5) is 10.1. The Morgan fingerprint density at radius 3 is 2.38 bits per heavy atom. The molecule has 0 radical (unpaired) electrons. The van der Waals surface area contributed by atoms with E-state index in [9.17, 15) is 4.79 Å². The molecule has 0 aromatic rings. The first kappa shape index (κ1) is 11.6. The number of hydrogen-bond acceptors (Lipinski definition) is 3. The van der Waals surface area contributed by atoms with E-state index < -0.39 is 0 Å². The van der Waals surface area contributed by atoms with Crippen molar-refractivity contribution < 1.29 is 9.53 Å². The van der Waals surface area contributed by atoms with E-state index in [2.05, 4.69) is 17.4 Å². The van der Waals surface area contributed by atoms with Gasteiger partial charge in [-0.25, -0.2) is 0 Å². The summed E-state index contributed by atoms with van der Waals surface area (Å²) in [7, 11) is 0. The van der Waals surface area contributed by atoms with Crippen LogP contribution in [0.25, 0.3) is 0 Å². The van der Waals surface area contributed by atoms with E-state index in [1.165, 1.54) is 0 Å². The van der Waals surface area contributed by atoms with Crippen molar-refractivity contribution in [1.29, 1.82) is 0 Å². The maximum atomic E-state index is 10.1. The van der Waals surface area contributed by atoms with Crippen molar-refractivity contribution in [3.05, 3.63) is 0 Å². The van der Waals surface area contributed by atoms with Crippen LogP contribution >= 0.6 is 12.6 Å². The number of carbonyl (C=O) groups is 1. The third kappa shape index (κ3) is 6.82. The zero-order valence-corrected chi connectivity index (χ0v) is 5.07. The molecule has 0 fully saturated rings. The van der Waals surface area contributed by atoms with Gasteiger partial charge in [0.15, 0.2) is 0 Å². The second-order valence-electron chi connectivity index (χ2n) is 0.963. The SMILES string of the molecule is CCOC(=O)CS.[NaH]. The predicted molar refractivity (Wildman–Crippen MR) is 37.6 cm³/mol. The monoisotopic (exact) mass is 144 g/mol. The molecule has 4 heteroatoms. The molecule has 0 aliphatic heterocycles. The van der Waals surface area contributed by atoms with Crippen LogP contribution in [-0.4, -0.2) is 47.9 Å². The average molecular weight is 144 g/mol. The third-order valence-corrected chi connectivity index (χ3v) is 0.693. The van der Waals surface area contributed by atoms with Gasteiger partial charge < -0.3 is 4.74 Å². The van der Waals surface area contributed by atoms with Crippen LogP contribution in [0.1, 0.15) is 6.92 Å². The molecule has 0 saturated carbocycles. The van der Waals surface area contributed by atoms with Gasteiger partial charge in [-0.1, -0.05) is 0 Å². The van der Waals surface area contributed by atoms with Crippen molar-refractivity contribution >= 4 is 48.2 Å². The quantitative estimate of drug-likeness (QED) is 0.331. The van der Waals surface area contributed by atoms with Crippen molar-refractivity contribution in [2.45, 2.75) is 6.92 Å². The molecule has 0 unspecified atom stereocenters. The van der Waals surface area contributed by atoms with E-state index in [-0.39, 0.29) is 41.3 Å². The summed E-state index contributed by atoms with van der Waals surface area (Å²) in [5.41, 5.74) is 0. The average Bonchev–Trinajstić information content (AvgIpc) is 1.68. The summed E-state index contributed by atoms with van der Waals surface area (Å²) in [6.45, 7) is 2.21. The van der Waals surface area contributed by atoms with E-state index in [1.54, 1.807) is 6.92 Å². The van der Waals surface area contributed by atoms with Crippen LogP contribution < -0.4 is 0 Å². The summed E-state index contributed by atoms with van der Waals surface area (Å²) in [5, 5.41) is 0. The number of hydrogen-bond donors (Lipinski definition) is 1. The van der Waals surface area contributed by atoms with E-state index in [0.29, 0.717) is 6.61 Å². The van der Waals surface area contributed by atoms with Crippen molar-refractivity contribution in [2.24, 2.45) is 0 Å². The first-order chi connectivity index (χ1) is 3.31. The van der Waals surface area contributed by atoms with Crippen LogP contribution in [-0.2, 0) is 9.53 Å². The van der Waals surface area contributed by atoms with Crippen molar-refractivity contribution in [1.82, 2.24) is 0 Å². The normalized spacial score (nSPS) is 7.25. The molecule has 0 aromatic carbocycles. The summed E-state index contributed by atoms with van der Waals surface area (Å²) in [6.07, 6.45) is 0. The van der Waals surface area contributed by atoms with Gasteiger partial charge in [-0.05, 0) is 6.92 Å². The first-order valence-corrected chi connectivity index (χ1v) is 2.71. The van der Waals surface area contributed by atoms with E-state index >= 15 is 0 Å². The van der Waals surface area contributed by atoms with Gasteiger partial charge in [0.25, 0.3) is 0 Å².